The summed E-state index contributed by atoms with van der Waals surface area (Å²) in [5, 5.41) is 0. The fraction of sp³-hybridized carbons (Fsp3) is 0.647. The van der Waals surface area contributed by atoms with E-state index in [0.717, 1.165) is 178 Å². The molecule has 0 radical (unpaired) electrons. The molecule has 0 unspecified atom stereocenters. The zero-order valence-electron chi connectivity index (χ0n) is 52.6. The first-order chi connectivity index (χ1) is 40.6. The predicted molar refractivity (Wildman–Crippen MR) is 341 cm³/mol. The maximum atomic E-state index is 12.8. The van der Waals surface area contributed by atoms with Gasteiger partial charge < -0.3 is 28.1 Å². The number of rotatable bonds is 50. The summed E-state index contributed by atoms with van der Waals surface area (Å²) < 4.78 is 90.5. The van der Waals surface area contributed by atoms with Crippen molar-refractivity contribution in [1.29, 1.82) is 0 Å². The van der Waals surface area contributed by atoms with Crippen LogP contribution in [-0.4, -0.2) is 114 Å². The van der Waals surface area contributed by atoms with Crippen LogP contribution in [0, 0.1) is 0 Å². The Labute approximate surface area is 544 Å². The molecule has 2 aromatic rings. The van der Waals surface area contributed by atoms with Crippen molar-refractivity contribution in [2.75, 3.05) is 26.4 Å². The summed E-state index contributed by atoms with van der Waals surface area (Å²) in [4.78, 5) is 49.8. The van der Waals surface area contributed by atoms with Crippen molar-refractivity contribution in [2.24, 2.45) is 0 Å². The number of benzene rings is 2. The van der Waals surface area contributed by atoms with Crippen LogP contribution in [0.1, 0.15) is 300 Å². The van der Waals surface area contributed by atoms with E-state index in [1.807, 2.05) is 0 Å². The Hall–Kier alpha value is -3.64. The largest absolute Gasteiger partial charge is 2.00 e. The molecule has 0 N–H and O–H groups in total. The molecule has 0 atom stereocenters. The van der Waals surface area contributed by atoms with Crippen molar-refractivity contribution in [1.82, 2.24) is 0 Å². The molecule has 476 valence electrons. The third-order valence-electron chi connectivity index (χ3n) is 13.9. The fourth-order valence-electron chi connectivity index (χ4n) is 8.92. The van der Waals surface area contributed by atoms with E-state index in [2.05, 4.69) is 76.3 Å². The summed E-state index contributed by atoms with van der Waals surface area (Å²) in [6.45, 7) is 9.38. The number of hydrogen-bond donors (Lipinski definition) is 0. The fourth-order valence-corrected chi connectivity index (χ4v) is 9.91. The van der Waals surface area contributed by atoms with Gasteiger partial charge in [0.2, 0.25) is 0 Å². The molecule has 0 spiro atoms. The maximum absolute atomic E-state index is 12.8. The number of carbonyl (C=O) groups excluding carboxylic acids is 4. The monoisotopic (exact) mass is 1250 g/mol. The van der Waals surface area contributed by atoms with Crippen molar-refractivity contribution in [3.05, 3.63) is 107 Å². The molecule has 2 rings (SSSR count). The molecule has 0 amide bonds. The van der Waals surface area contributed by atoms with E-state index in [4.69, 9.17) is 18.9 Å². The van der Waals surface area contributed by atoms with Gasteiger partial charge in [-0.3, -0.25) is 0 Å². The van der Waals surface area contributed by atoms with Gasteiger partial charge in [-0.05, 0) is 139 Å². The Bertz CT molecular complexity index is 2260. The number of ether oxygens (including phenoxy) is 4. The van der Waals surface area contributed by atoms with Gasteiger partial charge in [-0.1, -0.05) is 205 Å². The first-order valence-corrected chi connectivity index (χ1v) is 34.9. The van der Waals surface area contributed by atoms with Gasteiger partial charge in [0.25, 0.3) is 0 Å². The molecule has 2 aromatic carbocycles. The number of esters is 4. The second-order valence-electron chi connectivity index (χ2n) is 21.5. The molecule has 0 bridgehead atoms. The van der Waals surface area contributed by atoms with E-state index in [1.165, 1.54) is 64.2 Å². The predicted octanol–water partition coefficient (Wildman–Crippen LogP) is 17.8. The summed E-state index contributed by atoms with van der Waals surface area (Å²) in [6, 6.07) is 6.16. The van der Waals surface area contributed by atoms with Gasteiger partial charge in [0, 0.05) is 0 Å². The van der Waals surface area contributed by atoms with Crippen LogP contribution in [0.25, 0.3) is 0 Å². The van der Waals surface area contributed by atoms with E-state index in [-0.39, 0.29) is 86.4 Å². The standard InChI is InChI=1S/2C34H54O7S.Ca/c2*1-3-5-7-9-11-13-15-17-19-21-23-27-40-33(35)31-26-25-30(42(37,38)39)29-32(31)34(36)41-28-24-22-20-18-16-14-12-10-8-6-4-2;/h2*7-10,25-26,29H,3-6,11-24,27-28H2,1-2H3,(H,37,38,39);/q;;+2/p-2/b2*9-7+,10-8+;. The molecule has 0 saturated heterocycles. The molecule has 0 aliphatic heterocycles. The smallest absolute Gasteiger partial charge is 0.744 e. The van der Waals surface area contributed by atoms with E-state index >= 15 is 0 Å². The number of carbonyl (C=O) groups is 4. The van der Waals surface area contributed by atoms with Crippen molar-refractivity contribution in [3.8, 4) is 0 Å². The molecule has 0 aromatic heterocycles. The minimum atomic E-state index is -4.81. The first kappa shape index (κ1) is 81.4. The van der Waals surface area contributed by atoms with Crippen LogP contribution >= 0.6 is 0 Å². The number of hydrogen-bond acceptors (Lipinski definition) is 14. The third-order valence-corrected chi connectivity index (χ3v) is 15.6. The van der Waals surface area contributed by atoms with Crippen LogP contribution in [0.15, 0.2) is 94.8 Å². The van der Waals surface area contributed by atoms with E-state index in [0.29, 0.717) is 25.7 Å². The van der Waals surface area contributed by atoms with Crippen LogP contribution in [0.4, 0.5) is 0 Å². The average molecular weight is 1250 g/mol. The van der Waals surface area contributed by atoms with Crippen molar-refractivity contribution in [3.63, 3.8) is 0 Å². The maximum Gasteiger partial charge on any atom is 2.00 e. The molecule has 0 aliphatic carbocycles. The van der Waals surface area contributed by atoms with Gasteiger partial charge in [0.1, 0.15) is 20.2 Å². The quantitative estimate of drug-likeness (QED) is 0.0150. The van der Waals surface area contributed by atoms with Gasteiger partial charge in [0.05, 0.1) is 58.5 Å². The topological polar surface area (TPSA) is 220 Å². The summed E-state index contributed by atoms with van der Waals surface area (Å²) >= 11 is 0. The first-order valence-electron chi connectivity index (χ1n) is 32.1. The Morgan fingerprint density at radius 2 is 0.518 bits per heavy atom. The number of allylic oxidation sites excluding steroid dienone is 8. The minimum absolute atomic E-state index is 0. The molecular formula is C68H106CaO14S2. The van der Waals surface area contributed by atoms with Crippen molar-refractivity contribution >= 4 is 81.9 Å². The summed E-state index contributed by atoms with van der Waals surface area (Å²) in [5.41, 5.74) is -0.727. The Morgan fingerprint density at radius 3 is 0.741 bits per heavy atom. The molecular weight excluding hydrogens is 1140 g/mol. The second kappa shape index (κ2) is 54.5. The van der Waals surface area contributed by atoms with Gasteiger partial charge >= 0.3 is 61.6 Å². The Morgan fingerprint density at radius 1 is 0.318 bits per heavy atom. The SMILES string of the molecule is CCC/C=C/CCCCCCCCOC(=O)c1ccc(S(=O)(=O)[O-])cc1C(=O)OCCCCCCCC/C=C/CCC.CCC/C=C/CCCCCCCCOC(=O)c1ccc(S(=O)(=O)[O-])cc1C(=O)OCCCCCCCC/C=C/CCC.[Ca+2]. The summed E-state index contributed by atoms with van der Waals surface area (Å²) in [7, 11) is -9.61. The van der Waals surface area contributed by atoms with Crippen LogP contribution in [0.3, 0.4) is 0 Å². The van der Waals surface area contributed by atoms with Gasteiger partial charge in [-0.15, -0.1) is 0 Å². The van der Waals surface area contributed by atoms with Crippen molar-refractivity contribution < 1.29 is 64.1 Å². The molecule has 85 heavy (non-hydrogen) atoms. The summed E-state index contributed by atoms with van der Waals surface area (Å²) in [5.74, 6) is -3.15. The molecule has 0 saturated carbocycles. The molecule has 0 aliphatic rings. The van der Waals surface area contributed by atoms with Crippen LogP contribution in [0.2, 0.25) is 0 Å². The van der Waals surface area contributed by atoms with E-state index in [1.54, 1.807) is 0 Å². The minimum Gasteiger partial charge on any atom is -0.744 e. The molecule has 0 heterocycles. The Balaban J connectivity index is 0.00000164. The molecule has 17 heteroatoms. The van der Waals surface area contributed by atoms with Crippen LogP contribution in [-0.2, 0) is 39.2 Å². The number of unbranched alkanes of at least 4 members (excludes halogenated alkanes) is 28. The second-order valence-corrected chi connectivity index (χ2v) is 24.3. The average Bonchev–Trinajstić information content (AvgIpc) is 3.68. The Kier molecular flexibility index (Phi) is 52.2. The van der Waals surface area contributed by atoms with Crippen molar-refractivity contribution in [2.45, 2.75) is 269 Å². The van der Waals surface area contributed by atoms with Crippen LogP contribution < -0.4 is 0 Å². The molecule has 0 fully saturated rings. The van der Waals surface area contributed by atoms with E-state index < -0.39 is 53.9 Å². The third kappa shape index (κ3) is 43.6. The van der Waals surface area contributed by atoms with Crippen LogP contribution in [0.5, 0.6) is 0 Å². The van der Waals surface area contributed by atoms with E-state index in [9.17, 15) is 45.1 Å². The van der Waals surface area contributed by atoms with Gasteiger partial charge in [0.15, 0.2) is 0 Å². The van der Waals surface area contributed by atoms with Gasteiger partial charge in [-0.2, -0.15) is 0 Å². The van der Waals surface area contributed by atoms with Gasteiger partial charge in [-0.25, -0.2) is 36.0 Å². The normalized spacial score (nSPS) is 11.7. The summed E-state index contributed by atoms with van der Waals surface area (Å²) in [6.07, 6.45) is 56.1. The zero-order valence-corrected chi connectivity index (χ0v) is 56.4. The zero-order chi connectivity index (χ0) is 61.8. The molecule has 14 nitrogen and oxygen atoms in total.